The number of rotatable bonds is 3. The van der Waals surface area contributed by atoms with E-state index in [1.165, 1.54) is 0 Å². The van der Waals surface area contributed by atoms with Gasteiger partial charge in [0.25, 0.3) is 0 Å². The lowest BCUT2D eigenvalue weighted by atomic mass is 10.0. The topological polar surface area (TPSA) is 65.1 Å². The largest absolute Gasteiger partial charge is 0.376 e. The summed E-state index contributed by atoms with van der Waals surface area (Å²) in [5, 5.41) is 3.03. The van der Waals surface area contributed by atoms with Gasteiger partial charge in [0.15, 0.2) is 0 Å². The van der Waals surface area contributed by atoms with Gasteiger partial charge in [-0.05, 0) is 19.8 Å². The van der Waals surface area contributed by atoms with E-state index in [4.69, 9.17) is 4.74 Å². The van der Waals surface area contributed by atoms with E-state index in [9.17, 15) is 9.59 Å². The maximum Gasteiger partial charge on any atom is 0.242 e. The van der Waals surface area contributed by atoms with Crippen molar-refractivity contribution in [1.82, 2.24) is 20.0 Å². The second-order valence-electron chi connectivity index (χ2n) is 6.78. The molecule has 1 atom stereocenters. The van der Waals surface area contributed by atoms with Gasteiger partial charge in [-0.2, -0.15) is 0 Å². The number of likely N-dealkylation sites (tertiary alicyclic amines) is 1. The van der Waals surface area contributed by atoms with Crippen molar-refractivity contribution in [1.29, 1.82) is 0 Å². The fraction of sp³-hybridized carbons (Fsp3) is 0.875. The third kappa shape index (κ3) is 4.22. The molecule has 3 fully saturated rings. The Morgan fingerprint density at radius 3 is 2.74 bits per heavy atom. The minimum Gasteiger partial charge on any atom is -0.376 e. The number of hydrogen-bond acceptors (Lipinski definition) is 5. The maximum atomic E-state index is 12.4. The predicted octanol–water partition coefficient (Wildman–Crippen LogP) is -0.870. The fourth-order valence-corrected chi connectivity index (χ4v) is 3.73. The maximum absolute atomic E-state index is 12.4. The number of hydrogen-bond donors (Lipinski definition) is 1. The highest BCUT2D eigenvalue weighted by molar-refractivity contribution is 5.86. The summed E-state index contributed by atoms with van der Waals surface area (Å²) in [5.74, 6) is 0.121. The number of piperidine rings is 1. The Balaban J connectivity index is 1.44. The van der Waals surface area contributed by atoms with Gasteiger partial charge < -0.3 is 19.9 Å². The highest BCUT2D eigenvalue weighted by Crippen LogP contribution is 2.19. The molecule has 3 saturated heterocycles. The number of ether oxygens (including phenoxy) is 1. The van der Waals surface area contributed by atoms with E-state index in [1.54, 1.807) is 4.90 Å². The molecule has 3 aliphatic rings. The monoisotopic (exact) mass is 324 g/mol. The van der Waals surface area contributed by atoms with Crippen molar-refractivity contribution < 1.29 is 14.3 Å². The second kappa shape index (κ2) is 7.59. The van der Waals surface area contributed by atoms with Crippen molar-refractivity contribution in [3.8, 4) is 0 Å². The summed E-state index contributed by atoms with van der Waals surface area (Å²) in [6, 6.07) is 0.561. The van der Waals surface area contributed by atoms with Crippen LogP contribution in [0.4, 0.5) is 0 Å². The zero-order valence-corrected chi connectivity index (χ0v) is 14.0. The summed E-state index contributed by atoms with van der Waals surface area (Å²) < 4.78 is 5.60. The van der Waals surface area contributed by atoms with Crippen molar-refractivity contribution in [2.24, 2.45) is 0 Å². The first kappa shape index (κ1) is 16.7. The predicted molar refractivity (Wildman–Crippen MR) is 86.0 cm³/mol. The summed E-state index contributed by atoms with van der Waals surface area (Å²) >= 11 is 0. The van der Waals surface area contributed by atoms with Crippen LogP contribution < -0.4 is 5.32 Å². The summed E-state index contributed by atoms with van der Waals surface area (Å²) in [5.41, 5.74) is 0. The van der Waals surface area contributed by atoms with Crippen LogP contribution in [0.2, 0.25) is 0 Å². The molecule has 0 aliphatic carbocycles. The minimum atomic E-state index is 0.0294. The van der Waals surface area contributed by atoms with E-state index in [1.807, 2.05) is 4.90 Å². The van der Waals surface area contributed by atoms with Crippen molar-refractivity contribution in [2.45, 2.75) is 31.9 Å². The molecule has 130 valence electrons. The van der Waals surface area contributed by atoms with E-state index in [2.05, 4.69) is 17.1 Å². The summed E-state index contributed by atoms with van der Waals surface area (Å²) in [6.45, 7) is 8.52. The van der Waals surface area contributed by atoms with Gasteiger partial charge in [0.05, 0.1) is 25.8 Å². The van der Waals surface area contributed by atoms with Gasteiger partial charge in [0.1, 0.15) is 0 Å². The summed E-state index contributed by atoms with van der Waals surface area (Å²) in [7, 11) is 0. The van der Waals surface area contributed by atoms with Gasteiger partial charge >= 0.3 is 0 Å². The van der Waals surface area contributed by atoms with Crippen LogP contribution in [0.15, 0.2) is 0 Å². The molecule has 0 unspecified atom stereocenters. The molecule has 7 nitrogen and oxygen atoms in total. The molecule has 0 aromatic carbocycles. The van der Waals surface area contributed by atoms with Crippen LogP contribution in [0.1, 0.15) is 19.8 Å². The minimum absolute atomic E-state index is 0.0294. The SMILES string of the molecule is C[C@@H]1CN(C2CCN(C(=O)CN3CCNCC3=O)CC2)CCO1. The first-order valence-corrected chi connectivity index (χ1v) is 8.75. The van der Waals surface area contributed by atoms with Crippen LogP contribution >= 0.6 is 0 Å². The molecule has 23 heavy (non-hydrogen) atoms. The van der Waals surface area contributed by atoms with Gasteiger partial charge in [-0.3, -0.25) is 14.5 Å². The van der Waals surface area contributed by atoms with Gasteiger partial charge in [0, 0.05) is 45.3 Å². The lowest BCUT2D eigenvalue weighted by molar-refractivity contribution is -0.142. The molecule has 0 spiro atoms. The Bertz CT molecular complexity index is 437. The Morgan fingerprint density at radius 1 is 1.26 bits per heavy atom. The quantitative estimate of drug-likeness (QED) is 0.731. The molecule has 0 bridgehead atoms. The van der Waals surface area contributed by atoms with Crippen LogP contribution in [0.25, 0.3) is 0 Å². The number of carbonyl (C=O) groups excluding carboxylic acids is 2. The number of nitrogens with zero attached hydrogens (tertiary/aromatic N) is 3. The first-order valence-electron chi connectivity index (χ1n) is 8.75. The van der Waals surface area contributed by atoms with Gasteiger partial charge in [-0.15, -0.1) is 0 Å². The third-order valence-corrected chi connectivity index (χ3v) is 5.12. The van der Waals surface area contributed by atoms with E-state index in [-0.39, 0.29) is 18.4 Å². The number of nitrogens with one attached hydrogen (secondary N) is 1. The number of carbonyl (C=O) groups is 2. The molecule has 3 aliphatic heterocycles. The van der Waals surface area contributed by atoms with E-state index >= 15 is 0 Å². The smallest absolute Gasteiger partial charge is 0.242 e. The van der Waals surface area contributed by atoms with Crippen LogP contribution in [0.5, 0.6) is 0 Å². The van der Waals surface area contributed by atoms with Crippen LogP contribution in [0, 0.1) is 0 Å². The van der Waals surface area contributed by atoms with Crippen LogP contribution in [-0.2, 0) is 14.3 Å². The van der Waals surface area contributed by atoms with Crippen molar-refractivity contribution in [2.75, 3.05) is 59.0 Å². The van der Waals surface area contributed by atoms with Crippen LogP contribution in [-0.4, -0.2) is 97.6 Å². The van der Waals surface area contributed by atoms with E-state index in [0.29, 0.717) is 25.2 Å². The third-order valence-electron chi connectivity index (χ3n) is 5.12. The van der Waals surface area contributed by atoms with Crippen molar-refractivity contribution in [3.05, 3.63) is 0 Å². The average molecular weight is 324 g/mol. The Kier molecular flexibility index (Phi) is 5.50. The molecule has 0 radical (unpaired) electrons. The molecule has 2 amide bonds. The first-order chi connectivity index (χ1) is 11.1. The molecule has 3 heterocycles. The highest BCUT2D eigenvalue weighted by atomic mass is 16.5. The lowest BCUT2D eigenvalue weighted by Crippen LogP contribution is -2.55. The highest BCUT2D eigenvalue weighted by Gasteiger charge is 2.30. The van der Waals surface area contributed by atoms with Crippen LogP contribution in [0.3, 0.4) is 0 Å². The van der Waals surface area contributed by atoms with E-state index < -0.39 is 0 Å². The summed E-state index contributed by atoms with van der Waals surface area (Å²) in [6.07, 6.45) is 2.35. The van der Waals surface area contributed by atoms with Gasteiger partial charge in [0.2, 0.25) is 11.8 Å². The Hall–Kier alpha value is -1.18. The zero-order valence-electron chi connectivity index (χ0n) is 14.0. The molecule has 3 rings (SSSR count). The molecule has 0 aromatic heterocycles. The molecular weight excluding hydrogens is 296 g/mol. The standard InChI is InChI=1S/C16H28N4O3/c1-13-11-19(8-9-23-13)14-2-5-18(6-3-14)16(22)12-20-7-4-17-10-15(20)21/h13-14,17H,2-12H2,1H3/t13-/m1/s1. The Labute approximate surface area is 137 Å². The molecule has 0 aromatic rings. The molecule has 7 heteroatoms. The number of morpholine rings is 1. The molecule has 1 N–H and O–H groups in total. The lowest BCUT2D eigenvalue weighted by Gasteiger charge is -2.42. The molecule has 0 saturated carbocycles. The van der Waals surface area contributed by atoms with E-state index in [0.717, 1.165) is 52.2 Å². The normalized spacial score (nSPS) is 28.2. The fourth-order valence-electron chi connectivity index (χ4n) is 3.73. The van der Waals surface area contributed by atoms with Crippen molar-refractivity contribution >= 4 is 11.8 Å². The second-order valence-corrected chi connectivity index (χ2v) is 6.78. The number of amides is 2. The van der Waals surface area contributed by atoms with Crippen molar-refractivity contribution in [3.63, 3.8) is 0 Å². The van der Waals surface area contributed by atoms with Gasteiger partial charge in [-0.25, -0.2) is 0 Å². The Morgan fingerprint density at radius 2 is 2.04 bits per heavy atom. The zero-order chi connectivity index (χ0) is 16.2. The van der Waals surface area contributed by atoms with Gasteiger partial charge in [-0.1, -0.05) is 0 Å². The average Bonchev–Trinajstić information content (AvgIpc) is 2.57. The molecular formula is C16H28N4O3. The number of piperazine rings is 1. The summed E-state index contributed by atoms with van der Waals surface area (Å²) in [4.78, 5) is 30.3.